The monoisotopic (exact) mass is 747 g/mol. The zero-order chi connectivity index (χ0) is 39.1. The van der Waals surface area contributed by atoms with Gasteiger partial charge in [-0.05, 0) is 96.3 Å². The summed E-state index contributed by atoms with van der Waals surface area (Å²) in [5.74, 6) is 1.81. The minimum Gasteiger partial charge on any atom is -0.354 e. The number of benzene rings is 7. The van der Waals surface area contributed by atoms with E-state index in [2.05, 4.69) is 206 Å². The molecule has 0 spiro atoms. The number of para-hydroxylation sites is 4. The maximum absolute atomic E-state index is 5.58. The molecular formula is C53H41N5. The van der Waals surface area contributed by atoms with Gasteiger partial charge in [-0.3, -0.25) is 9.13 Å². The maximum atomic E-state index is 5.58. The lowest BCUT2D eigenvalue weighted by molar-refractivity contribution is 0.641. The van der Waals surface area contributed by atoms with E-state index >= 15 is 0 Å². The molecule has 58 heavy (non-hydrogen) atoms. The van der Waals surface area contributed by atoms with Crippen molar-refractivity contribution in [2.24, 2.45) is 0 Å². The van der Waals surface area contributed by atoms with Crippen LogP contribution in [0, 0.1) is 13.8 Å². The van der Waals surface area contributed by atoms with Crippen LogP contribution in [0.3, 0.4) is 0 Å². The van der Waals surface area contributed by atoms with Crippen molar-refractivity contribution < 1.29 is 0 Å². The number of nitrogens with one attached hydrogen (secondary N) is 1. The van der Waals surface area contributed by atoms with E-state index in [1.165, 1.54) is 43.8 Å². The Labute approximate surface area is 336 Å². The number of aromatic amines is 1. The maximum Gasteiger partial charge on any atom is 0.147 e. The van der Waals surface area contributed by atoms with E-state index in [4.69, 9.17) is 9.97 Å². The minimum absolute atomic E-state index is 0.200. The van der Waals surface area contributed by atoms with Gasteiger partial charge in [-0.25, -0.2) is 9.97 Å². The van der Waals surface area contributed by atoms with Crippen molar-refractivity contribution in [1.82, 2.24) is 24.1 Å². The van der Waals surface area contributed by atoms with Gasteiger partial charge in [0.15, 0.2) is 0 Å². The Kier molecular flexibility index (Phi) is 7.57. The van der Waals surface area contributed by atoms with Gasteiger partial charge in [0.2, 0.25) is 0 Å². The summed E-state index contributed by atoms with van der Waals surface area (Å²) in [5.41, 5.74) is 15.6. The highest BCUT2D eigenvalue weighted by Gasteiger charge is 2.27. The third kappa shape index (κ3) is 5.16. The molecule has 0 saturated heterocycles. The number of aromatic nitrogens is 5. The summed E-state index contributed by atoms with van der Waals surface area (Å²) in [4.78, 5) is 14.3. The predicted molar refractivity (Wildman–Crippen MR) is 241 cm³/mol. The summed E-state index contributed by atoms with van der Waals surface area (Å²) in [6, 6.07) is 58.9. The molecule has 0 bridgehead atoms. The molecule has 4 aromatic heterocycles. The standard InChI is InChI=1S/C53H41N5/c1-33-27-28-54-48(29-33)58-46-31-35(25-26-42(46)49-34(2)30-37(32-47(49)58)53(3,4)36-15-7-5-8-16-36)39-20-14-24-45-51(39)56-52(57(45)38-17-9-6-10-18-38)43-22-13-21-41-40-19-11-12-23-44(40)55-50(41)43/h5-32,55H,1-4H3. The van der Waals surface area contributed by atoms with Crippen LogP contribution < -0.4 is 0 Å². The molecule has 0 aliphatic rings. The van der Waals surface area contributed by atoms with Crippen LogP contribution in [-0.2, 0) is 5.41 Å². The number of imidazole rings is 1. The smallest absolute Gasteiger partial charge is 0.147 e. The molecule has 0 saturated carbocycles. The normalized spacial score (nSPS) is 12.1. The van der Waals surface area contributed by atoms with E-state index in [1.54, 1.807) is 0 Å². The molecule has 5 heteroatoms. The number of hydrogen-bond acceptors (Lipinski definition) is 2. The molecule has 0 aliphatic heterocycles. The number of aryl methyl sites for hydroxylation is 2. The van der Waals surface area contributed by atoms with Gasteiger partial charge >= 0.3 is 0 Å². The highest BCUT2D eigenvalue weighted by molar-refractivity contribution is 6.14. The summed E-state index contributed by atoms with van der Waals surface area (Å²) in [5, 5.41) is 4.85. The molecule has 11 aromatic rings. The SMILES string of the molecule is Cc1ccnc(-n2c3cc(-c4cccc5c4nc(-c4cccc6c4[nH]c4ccccc46)n5-c4ccccc4)ccc3c3c(C)cc(C(C)(C)c4ccccc4)cc32)c1. The lowest BCUT2D eigenvalue weighted by Gasteiger charge is -2.27. The van der Waals surface area contributed by atoms with Gasteiger partial charge in [-0.1, -0.05) is 123 Å². The molecule has 0 amide bonds. The van der Waals surface area contributed by atoms with E-state index < -0.39 is 0 Å². The molecule has 11 rings (SSSR count). The Bertz CT molecular complexity index is 3380. The van der Waals surface area contributed by atoms with Gasteiger partial charge in [0.1, 0.15) is 11.6 Å². The number of fused-ring (bicyclic) bond motifs is 7. The lowest BCUT2D eigenvalue weighted by atomic mass is 9.77. The van der Waals surface area contributed by atoms with Gasteiger partial charge in [0.25, 0.3) is 0 Å². The van der Waals surface area contributed by atoms with Gasteiger partial charge in [0.05, 0.1) is 27.6 Å². The average Bonchev–Trinajstić information content (AvgIpc) is 3.94. The van der Waals surface area contributed by atoms with Crippen LogP contribution in [-0.4, -0.2) is 24.1 Å². The molecule has 1 N–H and O–H groups in total. The topological polar surface area (TPSA) is 51.4 Å². The lowest BCUT2D eigenvalue weighted by Crippen LogP contribution is -2.19. The zero-order valence-electron chi connectivity index (χ0n) is 33.0. The highest BCUT2D eigenvalue weighted by atomic mass is 15.1. The first kappa shape index (κ1) is 34.0. The van der Waals surface area contributed by atoms with Crippen LogP contribution in [0.25, 0.3) is 88.7 Å². The Balaban J connectivity index is 1.17. The second-order valence-electron chi connectivity index (χ2n) is 16.1. The van der Waals surface area contributed by atoms with E-state index in [1.807, 2.05) is 6.20 Å². The van der Waals surface area contributed by atoms with Gasteiger partial charge in [0, 0.05) is 55.5 Å². The molecule has 0 unspecified atom stereocenters. The van der Waals surface area contributed by atoms with Crippen molar-refractivity contribution in [2.45, 2.75) is 33.1 Å². The summed E-state index contributed by atoms with van der Waals surface area (Å²) >= 11 is 0. The first-order valence-corrected chi connectivity index (χ1v) is 20.0. The van der Waals surface area contributed by atoms with Crippen LogP contribution in [0.1, 0.15) is 36.1 Å². The Morgan fingerprint density at radius 1 is 0.552 bits per heavy atom. The van der Waals surface area contributed by atoms with Crippen molar-refractivity contribution in [3.05, 3.63) is 192 Å². The number of nitrogens with zero attached hydrogens (tertiary/aromatic N) is 4. The number of rotatable bonds is 6. The molecule has 7 aromatic carbocycles. The van der Waals surface area contributed by atoms with Crippen LogP contribution in [0.15, 0.2) is 170 Å². The zero-order valence-corrected chi connectivity index (χ0v) is 33.0. The summed E-state index contributed by atoms with van der Waals surface area (Å²) < 4.78 is 4.67. The molecule has 0 radical (unpaired) electrons. The van der Waals surface area contributed by atoms with Crippen molar-refractivity contribution in [1.29, 1.82) is 0 Å². The van der Waals surface area contributed by atoms with E-state index in [9.17, 15) is 0 Å². The fourth-order valence-electron chi connectivity index (χ4n) is 9.20. The largest absolute Gasteiger partial charge is 0.354 e. The molecule has 0 fully saturated rings. The number of pyridine rings is 1. The van der Waals surface area contributed by atoms with E-state index in [-0.39, 0.29) is 5.41 Å². The van der Waals surface area contributed by atoms with Crippen LogP contribution >= 0.6 is 0 Å². The second kappa shape index (κ2) is 12.9. The summed E-state index contributed by atoms with van der Waals surface area (Å²) in [6.45, 7) is 9.03. The van der Waals surface area contributed by atoms with Crippen molar-refractivity contribution >= 4 is 54.6 Å². The molecule has 0 atom stereocenters. The number of H-pyrrole nitrogens is 1. The van der Waals surface area contributed by atoms with Crippen LogP contribution in [0.2, 0.25) is 0 Å². The second-order valence-corrected chi connectivity index (χ2v) is 16.1. The Morgan fingerprint density at radius 3 is 2.12 bits per heavy atom. The van der Waals surface area contributed by atoms with E-state index in [0.717, 1.165) is 67.1 Å². The summed E-state index contributed by atoms with van der Waals surface area (Å²) in [7, 11) is 0. The van der Waals surface area contributed by atoms with Gasteiger partial charge in [-0.15, -0.1) is 0 Å². The molecule has 4 heterocycles. The average molecular weight is 748 g/mol. The first-order valence-electron chi connectivity index (χ1n) is 20.0. The highest BCUT2D eigenvalue weighted by Crippen LogP contribution is 2.43. The number of hydrogen-bond donors (Lipinski definition) is 1. The van der Waals surface area contributed by atoms with E-state index in [0.29, 0.717) is 0 Å². The molecular weight excluding hydrogens is 707 g/mol. The minimum atomic E-state index is -0.200. The van der Waals surface area contributed by atoms with Crippen molar-refractivity contribution in [3.8, 4) is 34.0 Å². The fourth-order valence-corrected chi connectivity index (χ4v) is 9.20. The van der Waals surface area contributed by atoms with Gasteiger partial charge < -0.3 is 4.98 Å². The van der Waals surface area contributed by atoms with Crippen LogP contribution in [0.5, 0.6) is 0 Å². The first-order chi connectivity index (χ1) is 28.3. The molecule has 278 valence electrons. The van der Waals surface area contributed by atoms with Gasteiger partial charge in [-0.2, -0.15) is 0 Å². The third-order valence-electron chi connectivity index (χ3n) is 12.2. The molecule has 5 nitrogen and oxygen atoms in total. The predicted octanol–water partition coefficient (Wildman–Crippen LogP) is 13.4. The Morgan fingerprint density at radius 2 is 1.29 bits per heavy atom. The third-order valence-corrected chi connectivity index (χ3v) is 12.2. The van der Waals surface area contributed by atoms with Crippen molar-refractivity contribution in [3.63, 3.8) is 0 Å². The Hall–Kier alpha value is -7.24. The summed E-state index contributed by atoms with van der Waals surface area (Å²) in [6.07, 6.45) is 1.92. The quantitative estimate of drug-likeness (QED) is 0.184. The molecule has 0 aliphatic carbocycles. The van der Waals surface area contributed by atoms with Crippen LogP contribution in [0.4, 0.5) is 0 Å². The fraction of sp³-hybridized carbons (Fsp3) is 0.0943. The van der Waals surface area contributed by atoms with Crippen molar-refractivity contribution in [2.75, 3.05) is 0 Å².